The van der Waals surface area contributed by atoms with Crippen molar-refractivity contribution in [1.29, 1.82) is 0 Å². The van der Waals surface area contributed by atoms with Crippen LogP contribution < -0.4 is 19.1 Å². The molecule has 0 spiro atoms. The number of aryl methyl sites for hydroxylation is 1. The molecule has 2 aromatic rings. The van der Waals surface area contributed by atoms with Crippen LogP contribution >= 0.6 is 11.6 Å². The quantitative estimate of drug-likeness (QED) is 0.673. The van der Waals surface area contributed by atoms with E-state index in [1.165, 1.54) is 20.3 Å². The lowest BCUT2D eigenvalue weighted by Crippen LogP contribution is -2.47. The molecule has 0 radical (unpaired) electrons. The normalized spacial score (nSPS) is 12.2. The van der Waals surface area contributed by atoms with E-state index in [9.17, 15) is 13.2 Å². The molecule has 0 aliphatic heterocycles. The smallest absolute Gasteiger partial charge is 0.248 e. The Morgan fingerprint density at radius 3 is 2.28 bits per heavy atom. The molecule has 1 amide bonds. The van der Waals surface area contributed by atoms with Crippen LogP contribution in [0, 0.1) is 6.92 Å². The molecule has 29 heavy (non-hydrogen) atoms. The monoisotopic (exact) mass is 440 g/mol. The molecular weight excluding hydrogens is 416 g/mol. The van der Waals surface area contributed by atoms with Crippen molar-refractivity contribution in [3.63, 3.8) is 0 Å². The van der Waals surface area contributed by atoms with Gasteiger partial charge in [0.25, 0.3) is 0 Å². The Balaban J connectivity index is 2.45. The first kappa shape index (κ1) is 22.8. The number of anilines is 2. The minimum Gasteiger partial charge on any atom is -0.495 e. The molecule has 9 heteroatoms. The lowest BCUT2D eigenvalue weighted by Gasteiger charge is -2.30. The maximum absolute atomic E-state index is 13.1. The molecule has 7 nitrogen and oxygen atoms in total. The van der Waals surface area contributed by atoms with Crippen LogP contribution in [0.5, 0.6) is 11.5 Å². The lowest BCUT2D eigenvalue weighted by molar-refractivity contribution is -0.117. The Hall–Kier alpha value is -2.45. The van der Waals surface area contributed by atoms with E-state index >= 15 is 0 Å². The zero-order valence-electron chi connectivity index (χ0n) is 17.0. The van der Waals surface area contributed by atoms with Gasteiger partial charge in [0.05, 0.1) is 36.9 Å². The first-order valence-electron chi connectivity index (χ1n) is 8.90. The summed E-state index contributed by atoms with van der Waals surface area (Å²) in [5.41, 5.74) is 1.67. The summed E-state index contributed by atoms with van der Waals surface area (Å²) < 4.78 is 36.6. The van der Waals surface area contributed by atoms with Gasteiger partial charge in [0.15, 0.2) is 0 Å². The zero-order valence-corrected chi connectivity index (χ0v) is 18.6. The molecule has 0 heterocycles. The van der Waals surface area contributed by atoms with Gasteiger partial charge in [0.1, 0.15) is 17.5 Å². The van der Waals surface area contributed by atoms with Crippen LogP contribution in [-0.4, -0.2) is 40.8 Å². The summed E-state index contributed by atoms with van der Waals surface area (Å²) in [5.74, 6) is 0.414. The molecule has 1 atom stereocenters. The summed E-state index contributed by atoms with van der Waals surface area (Å²) in [6.45, 7) is 3.62. The summed E-state index contributed by atoms with van der Waals surface area (Å²) in [6.07, 6.45) is 1.30. The summed E-state index contributed by atoms with van der Waals surface area (Å²) >= 11 is 6.17. The number of ether oxygens (including phenoxy) is 2. The fourth-order valence-electron chi connectivity index (χ4n) is 2.99. The van der Waals surface area contributed by atoms with Crippen LogP contribution in [0.3, 0.4) is 0 Å². The molecule has 0 fully saturated rings. The van der Waals surface area contributed by atoms with Crippen LogP contribution in [0.4, 0.5) is 11.4 Å². The number of hydrogen-bond donors (Lipinski definition) is 1. The molecule has 2 aromatic carbocycles. The van der Waals surface area contributed by atoms with E-state index in [0.29, 0.717) is 17.2 Å². The van der Waals surface area contributed by atoms with Gasteiger partial charge in [-0.05, 0) is 49.2 Å². The SMILES string of the molecule is CC[C@@H](C(=O)Nc1cc(C)ccc1OC)N(c1ccc(OC)c(Cl)c1)S(C)(=O)=O. The standard InChI is InChI=1S/C20H25ClN2O5S/c1-6-17(20(24)22-16-11-13(2)7-9-19(16)28-4)23(29(5,25)26)14-8-10-18(27-3)15(21)12-14/h7-12,17H,6H2,1-5H3,(H,22,24)/t17-/m0/s1. The Morgan fingerprint density at radius 1 is 1.14 bits per heavy atom. The van der Waals surface area contributed by atoms with E-state index in [1.54, 1.807) is 31.2 Å². The number of nitrogens with one attached hydrogen (secondary N) is 1. The predicted octanol–water partition coefficient (Wildman–Crippen LogP) is 3.85. The van der Waals surface area contributed by atoms with Crippen molar-refractivity contribution in [1.82, 2.24) is 0 Å². The molecule has 1 N–H and O–H groups in total. The third-order valence-corrected chi connectivity index (χ3v) is 5.81. The van der Waals surface area contributed by atoms with Gasteiger partial charge in [0, 0.05) is 0 Å². The largest absolute Gasteiger partial charge is 0.495 e. The van der Waals surface area contributed by atoms with Crippen molar-refractivity contribution in [2.45, 2.75) is 26.3 Å². The molecule has 158 valence electrons. The molecule has 0 aliphatic carbocycles. The van der Waals surface area contributed by atoms with Crippen LogP contribution in [0.25, 0.3) is 0 Å². The van der Waals surface area contributed by atoms with Gasteiger partial charge >= 0.3 is 0 Å². The van der Waals surface area contributed by atoms with E-state index in [-0.39, 0.29) is 17.1 Å². The molecule has 2 rings (SSSR count). The Bertz CT molecular complexity index is 994. The third-order valence-electron chi connectivity index (χ3n) is 4.33. The summed E-state index contributed by atoms with van der Waals surface area (Å²) in [5, 5.41) is 3.03. The van der Waals surface area contributed by atoms with Gasteiger partial charge in [-0.1, -0.05) is 24.6 Å². The van der Waals surface area contributed by atoms with Gasteiger partial charge in [-0.2, -0.15) is 0 Å². The van der Waals surface area contributed by atoms with Gasteiger partial charge in [-0.25, -0.2) is 8.42 Å². The highest BCUT2D eigenvalue weighted by atomic mass is 35.5. The highest BCUT2D eigenvalue weighted by Crippen LogP contribution is 2.32. The van der Waals surface area contributed by atoms with Crippen LogP contribution in [0.15, 0.2) is 36.4 Å². The molecule has 0 bridgehead atoms. The number of rotatable bonds is 8. The number of methoxy groups -OCH3 is 2. The molecule has 0 saturated heterocycles. The van der Waals surface area contributed by atoms with Crippen LogP contribution in [0.1, 0.15) is 18.9 Å². The van der Waals surface area contributed by atoms with Gasteiger partial charge in [0.2, 0.25) is 15.9 Å². The summed E-state index contributed by atoms with van der Waals surface area (Å²) in [7, 11) is -0.820. The first-order chi connectivity index (χ1) is 13.6. The maximum Gasteiger partial charge on any atom is 0.248 e. The highest BCUT2D eigenvalue weighted by Gasteiger charge is 2.32. The number of carbonyl (C=O) groups excluding carboxylic acids is 1. The fraction of sp³-hybridized carbons (Fsp3) is 0.350. The number of carbonyl (C=O) groups is 1. The highest BCUT2D eigenvalue weighted by molar-refractivity contribution is 7.92. The van der Waals surface area contributed by atoms with Crippen molar-refractivity contribution in [3.8, 4) is 11.5 Å². The Morgan fingerprint density at radius 2 is 1.76 bits per heavy atom. The van der Waals surface area contributed by atoms with E-state index in [2.05, 4.69) is 5.32 Å². The lowest BCUT2D eigenvalue weighted by atomic mass is 10.1. The van der Waals surface area contributed by atoms with Crippen LogP contribution in [-0.2, 0) is 14.8 Å². The molecule has 0 aromatic heterocycles. The fourth-order valence-corrected chi connectivity index (χ4v) is 4.44. The average Bonchev–Trinajstić information content (AvgIpc) is 2.65. The summed E-state index contributed by atoms with van der Waals surface area (Å²) in [6, 6.07) is 8.94. The Labute approximate surface area is 176 Å². The topological polar surface area (TPSA) is 84.9 Å². The van der Waals surface area contributed by atoms with E-state index in [0.717, 1.165) is 16.1 Å². The molecular formula is C20H25ClN2O5S. The van der Waals surface area contributed by atoms with Crippen molar-refractivity contribution < 1.29 is 22.7 Å². The number of benzene rings is 2. The van der Waals surface area contributed by atoms with Crippen LogP contribution in [0.2, 0.25) is 5.02 Å². The number of sulfonamides is 1. The number of nitrogens with zero attached hydrogens (tertiary/aromatic N) is 1. The molecule has 0 unspecified atom stereocenters. The minimum atomic E-state index is -3.78. The third kappa shape index (κ3) is 5.33. The second-order valence-electron chi connectivity index (χ2n) is 6.49. The minimum absolute atomic E-state index is 0.245. The van der Waals surface area contributed by atoms with Crippen molar-refractivity contribution >= 4 is 38.9 Å². The second kappa shape index (κ2) is 9.37. The van der Waals surface area contributed by atoms with Crippen molar-refractivity contribution in [2.75, 3.05) is 30.1 Å². The van der Waals surface area contributed by atoms with Gasteiger partial charge in [-0.3, -0.25) is 9.10 Å². The second-order valence-corrected chi connectivity index (χ2v) is 8.76. The molecule has 0 aliphatic rings. The van der Waals surface area contributed by atoms with Gasteiger partial charge in [-0.15, -0.1) is 0 Å². The first-order valence-corrected chi connectivity index (χ1v) is 11.1. The average molecular weight is 441 g/mol. The Kier molecular flexibility index (Phi) is 7.37. The molecule has 0 saturated carbocycles. The van der Waals surface area contributed by atoms with E-state index < -0.39 is 22.0 Å². The maximum atomic E-state index is 13.1. The predicted molar refractivity (Wildman–Crippen MR) is 116 cm³/mol. The number of halogens is 1. The summed E-state index contributed by atoms with van der Waals surface area (Å²) in [4.78, 5) is 13.1. The number of amides is 1. The van der Waals surface area contributed by atoms with Crippen molar-refractivity contribution in [2.24, 2.45) is 0 Å². The van der Waals surface area contributed by atoms with E-state index in [4.69, 9.17) is 21.1 Å². The van der Waals surface area contributed by atoms with Gasteiger partial charge < -0.3 is 14.8 Å². The number of hydrogen-bond acceptors (Lipinski definition) is 5. The van der Waals surface area contributed by atoms with Crippen molar-refractivity contribution in [3.05, 3.63) is 47.0 Å². The zero-order chi connectivity index (χ0) is 21.8. The van der Waals surface area contributed by atoms with E-state index in [1.807, 2.05) is 13.0 Å².